The van der Waals surface area contributed by atoms with Gasteiger partial charge in [-0.25, -0.2) is 4.98 Å². The van der Waals surface area contributed by atoms with Gasteiger partial charge in [0.2, 0.25) is 0 Å². The Labute approximate surface area is 125 Å². The number of thioether (sulfide) groups is 1. The summed E-state index contributed by atoms with van der Waals surface area (Å²) in [6.07, 6.45) is 1.12. The van der Waals surface area contributed by atoms with Crippen LogP contribution in [0.3, 0.4) is 0 Å². The van der Waals surface area contributed by atoms with Gasteiger partial charge in [-0.15, -0.1) is 11.8 Å². The molecule has 20 heavy (non-hydrogen) atoms. The Morgan fingerprint density at radius 3 is 2.65 bits per heavy atom. The minimum Gasteiger partial charge on any atom is -0.391 e. The molecule has 1 aromatic heterocycles. The van der Waals surface area contributed by atoms with Crippen molar-refractivity contribution in [3.63, 3.8) is 0 Å². The first-order chi connectivity index (χ1) is 9.19. The van der Waals surface area contributed by atoms with Gasteiger partial charge in [0, 0.05) is 23.1 Å². The van der Waals surface area contributed by atoms with Crippen LogP contribution in [-0.4, -0.2) is 33.4 Å². The fraction of sp³-hybridized carbons (Fsp3) is 0.600. The van der Waals surface area contributed by atoms with E-state index in [1.165, 1.54) is 0 Å². The van der Waals surface area contributed by atoms with Gasteiger partial charge in [-0.05, 0) is 18.1 Å². The van der Waals surface area contributed by atoms with Crippen LogP contribution < -0.4 is 5.32 Å². The van der Waals surface area contributed by atoms with Crippen LogP contribution in [-0.2, 0) is 0 Å². The van der Waals surface area contributed by atoms with Crippen molar-refractivity contribution in [2.75, 3.05) is 6.54 Å². The number of amides is 1. The van der Waals surface area contributed by atoms with E-state index in [2.05, 4.69) is 31.1 Å². The third kappa shape index (κ3) is 5.92. The van der Waals surface area contributed by atoms with Gasteiger partial charge < -0.3 is 10.4 Å². The number of aliphatic hydroxyl groups is 1. The van der Waals surface area contributed by atoms with Crippen molar-refractivity contribution in [1.29, 1.82) is 0 Å². The maximum Gasteiger partial charge on any atom is 0.251 e. The van der Waals surface area contributed by atoms with Gasteiger partial charge in [0.15, 0.2) is 0 Å². The van der Waals surface area contributed by atoms with Crippen molar-refractivity contribution >= 4 is 17.7 Å². The standard InChI is InChI=1S/C15H24N2O2S/c1-10(2)12(18)9-17-14(19)11-6-7-16-13(8-11)20-15(3,4)5/h6-8,10,12,18H,9H2,1-5H3,(H,17,19). The fourth-order valence-corrected chi connectivity index (χ4v) is 2.38. The number of hydrogen-bond donors (Lipinski definition) is 2. The van der Waals surface area contributed by atoms with Crippen LogP contribution >= 0.6 is 11.8 Å². The van der Waals surface area contributed by atoms with Crippen LogP contribution in [0.2, 0.25) is 0 Å². The van der Waals surface area contributed by atoms with Crippen LogP contribution in [0.25, 0.3) is 0 Å². The summed E-state index contributed by atoms with van der Waals surface area (Å²) in [7, 11) is 0. The molecule has 0 fully saturated rings. The number of nitrogens with one attached hydrogen (secondary N) is 1. The van der Waals surface area contributed by atoms with E-state index in [0.29, 0.717) is 5.56 Å². The molecule has 0 bridgehead atoms. The average Bonchev–Trinajstić information content (AvgIpc) is 2.33. The number of pyridine rings is 1. The highest BCUT2D eigenvalue weighted by Gasteiger charge is 2.15. The van der Waals surface area contributed by atoms with Crippen molar-refractivity contribution in [1.82, 2.24) is 10.3 Å². The van der Waals surface area contributed by atoms with E-state index in [9.17, 15) is 9.90 Å². The second-order valence-electron chi connectivity index (χ2n) is 6.12. The van der Waals surface area contributed by atoms with Crippen LogP contribution in [0.5, 0.6) is 0 Å². The predicted octanol–water partition coefficient (Wildman–Crippen LogP) is 2.72. The Morgan fingerprint density at radius 2 is 2.10 bits per heavy atom. The first-order valence-corrected chi connectivity index (χ1v) is 7.62. The molecule has 0 aliphatic heterocycles. The van der Waals surface area contributed by atoms with Crippen molar-refractivity contribution in [2.24, 2.45) is 5.92 Å². The zero-order chi connectivity index (χ0) is 15.3. The van der Waals surface area contributed by atoms with Gasteiger partial charge in [-0.1, -0.05) is 34.6 Å². The molecule has 0 aliphatic carbocycles. The molecule has 1 atom stereocenters. The Balaban J connectivity index is 2.67. The Morgan fingerprint density at radius 1 is 1.45 bits per heavy atom. The van der Waals surface area contributed by atoms with E-state index >= 15 is 0 Å². The molecule has 5 heteroatoms. The smallest absolute Gasteiger partial charge is 0.251 e. The molecule has 1 heterocycles. The van der Waals surface area contributed by atoms with E-state index < -0.39 is 6.10 Å². The number of aliphatic hydroxyl groups excluding tert-OH is 1. The Bertz CT molecular complexity index is 455. The van der Waals surface area contributed by atoms with Crippen molar-refractivity contribution < 1.29 is 9.90 Å². The molecular formula is C15H24N2O2S. The van der Waals surface area contributed by atoms with E-state index in [-0.39, 0.29) is 23.1 Å². The summed E-state index contributed by atoms with van der Waals surface area (Å²) in [5.74, 6) is -0.0531. The second-order valence-corrected chi connectivity index (χ2v) is 7.97. The van der Waals surface area contributed by atoms with Crippen LogP contribution in [0, 0.1) is 5.92 Å². The summed E-state index contributed by atoms with van der Waals surface area (Å²) < 4.78 is 0.0515. The minimum atomic E-state index is -0.524. The lowest BCUT2D eigenvalue weighted by Crippen LogP contribution is -2.34. The number of nitrogens with zero attached hydrogens (tertiary/aromatic N) is 1. The highest BCUT2D eigenvalue weighted by atomic mass is 32.2. The van der Waals surface area contributed by atoms with E-state index in [0.717, 1.165) is 5.03 Å². The van der Waals surface area contributed by atoms with E-state index in [1.54, 1.807) is 30.1 Å². The van der Waals surface area contributed by atoms with Crippen molar-refractivity contribution in [3.05, 3.63) is 23.9 Å². The zero-order valence-electron chi connectivity index (χ0n) is 12.8. The third-order valence-electron chi connectivity index (χ3n) is 2.65. The van der Waals surface area contributed by atoms with Crippen molar-refractivity contribution in [2.45, 2.75) is 50.5 Å². The number of rotatable bonds is 5. The molecule has 0 aliphatic rings. The molecule has 0 radical (unpaired) electrons. The monoisotopic (exact) mass is 296 g/mol. The highest BCUT2D eigenvalue weighted by molar-refractivity contribution is 8.00. The predicted molar refractivity (Wildman–Crippen MR) is 83.0 cm³/mol. The molecule has 1 unspecified atom stereocenters. The third-order valence-corrected chi connectivity index (χ3v) is 3.69. The summed E-state index contributed by atoms with van der Waals surface area (Å²) >= 11 is 1.62. The van der Waals surface area contributed by atoms with Gasteiger partial charge >= 0.3 is 0 Å². The second kappa shape index (κ2) is 7.09. The summed E-state index contributed by atoms with van der Waals surface area (Å²) in [4.78, 5) is 16.3. The van der Waals surface area contributed by atoms with Gasteiger partial charge in [0.1, 0.15) is 0 Å². The highest BCUT2D eigenvalue weighted by Crippen LogP contribution is 2.30. The molecule has 0 saturated heterocycles. The normalized spacial score (nSPS) is 13.3. The molecule has 1 aromatic rings. The maximum atomic E-state index is 12.0. The summed E-state index contributed by atoms with van der Waals surface area (Å²) in [5.41, 5.74) is 0.572. The molecule has 4 nitrogen and oxygen atoms in total. The fourth-order valence-electron chi connectivity index (χ4n) is 1.46. The number of carbonyl (C=O) groups is 1. The summed E-state index contributed by atoms with van der Waals surface area (Å²) in [6.45, 7) is 10.4. The topological polar surface area (TPSA) is 62.2 Å². The minimum absolute atomic E-state index is 0.0515. The van der Waals surface area contributed by atoms with Crippen LogP contribution in [0.4, 0.5) is 0 Å². The van der Waals surface area contributed by atoms with E-state index in [1.807, 2.05) is 13.8 Å². The largest absolute Gasteiger partial charge is 0.391 e. The first-order valence-electron chi connectivity index (χ1n) is 6.80. The number of aromatic nitrogens is 1. The van der Waals surface area contributed by atoms with E-state index in [4.69, 9.17) is 0 Å². The zero-order valence-corrected chi connectivity index (χ0v) is 13.6. The van der Waals surface area contributed by atoms with Gasteiger partial charge in [0.05, 0.1) is 11.1 Å². The Kier molecular flexibility index (Phi) is 6.02. The molecule has 0 spiro atoms. The van der Waals surface area contributed by atoms with Crippen molar-refractivity contribution in [3.8, 4) is 0 Å². The lowest BCUT2D eigenvalue weighted by Gasteiger charge is -2.17. The van der Waals surface area contributed by atoms with Crippen LogP contribution in [0.15, 0.2) is 23.4 Å². The molecule has 0 saturated carbocycles. The summed E-state index contributed by atoms with van der Waals surface area (Å²) in [6, 6.07) is 3.47. The molecular weight excluding hydrogens is 272 g/mol. The van der Waals surface area contributed by atoms with Gasteiger partial charge in [-0.3, -0.25) is 4.79 Å². The lowest BCUT2D eigenvalue weighted by atomic mass is 10.1. The maximum absolute atomic E-state index is 12.0. The lowest BCUT2D eigenvalue weighted by molar-refractivity contribution is 0.0871. The SMILES string of the molecule is CC(C)C(O)CNC(=O)c1ccnc(SC(C)(C)C)c1. The average molecular weight is 296 g/mol. The molecule has 1 amide bonds. The number of hydrogen-bond acceptors (Lipinski definition) is 4. The Hall–Kier alpha value is -1.07. The molecule has 1 rings (SSSR count). The summed E-state index contributed by atoms with van der Waals surface area (Å²) in [5, 5.41) is 13.3. The quantitative estimate of drug-likeness (QED) is 0.820. The molecule has 2 N–H and O–H groups in total. The first kappa shape index (κ1) is 17.0. The number of carbonyl (C=O) groups excluding carboxylic acids is 1. The molecule has 112 valence electrons. The molecule has 0 aromatic carbocycles. The van der Waals surface area contributed by atoms with Gasteiger partial charge in [-0.2, -0.15) is 0 Å². The van der Waals surface area contributed by atoms with Gasteiger partial charge in [0.25, 0.3) is 5.91 Å². The van der Waals surface area contributed by atoms with Crippen LogP contribution in [0.1, 0.15) is 45.0 Å².